The fourth-order valence-corrected chi connectivity index (χ4v) is 4.33. The molecule has 7 nitrogen and oxygen atoms in total. The van der Waals surface area contributed by atoms with E-state index in [1.54, 1.807) is 18.6 Å². The van der Waals surface area contributed by atoms with Crippen molar-refractivity contribution in [2.45, 2.75) is 75.5 Å². The van der Waals surface area contributed by atoms with E-state index in [0.717, 1.165) is 37.8 Å². The summed E-state index contributed by atoms with van der Waals surface area (Å²) in [5.74, 6) is 0.345. The number of hydrogen-bond donors (Lipinski definition) is 2. The van der Waals surface area contributed by atoms with E-state index in [4.69, 9.17) is 4.52 Å². The molecule has 1 amide bonds. The third-order valence-electron chi connectivity index (χ3n) is 5.82. The molecule has 0 aromatic carbocycles. The van der Waals surface area contributed by atoms with E-state index in [1.807, 2.05) is 10.8 Å². The van der Waals surface area contributed by atoms with E-state index in [9.17, 15) is 9.90 Å². The minimum Gasteiger partial charge on any atom is -0.389 e. The highest BCUT2D eigenvalue weighted by Gasteiger charge is 2.34. The number of nitrogens with zero attached hydrogens (tertiary/aromatic N) is 3. The second-order valence-electron chi connectivity index (χ2n) is 7.53. The first-order valence-corrected chi connectivity index (χ1v) is 9.65. The number of nitrogens with one attached hydrogen (secondary N) is 1. The Morgan fingerprint density at radius 2 is 2.04 bits per heavy atom. The number of carbonyl (C=O) groups excluding carboxylic acids is 1. The maximum atomic E-state index is 12.6. The van der Waals surface area contributed by atoms with E-state index in [0.29, 0.717) is 5.92 Å². The molecule has 0 spiro atoms. The van der Waals surface area contributed by atoms with Crippen LogP contribution in [0.1, 0.15) is 79.6 Å². The van der Waals surface area contributed by atoms with Gasteiger partial charge in [0.1, 0.15) is 0 Å². The van der Waals surface area contributed by atoms with E-state index < -0.39 is 6.10 Å². The molecule has 2 aliphatic carbocycles. The summed E-state index contributed by atoms with van der Waals surface area (Å²) >= 11 is 0. The van der Waals surface area contributed by atoms with Crippen LogP contribution in [0, 0.1) is 0 Å². The Bertz CT molecular complexity index is 721. The summed E-state index contributed by atoms with van der Waals surface area (Å²) in [6.45, 7) is 0. The lowest BCUT2D eigenvalue weighted by atomic mass is 9.87. The number of rotatable bonds is 4. The van der Waals surface area contributed by atoms with Crippen LogP contribution >= 0.6 is 0 Å². The summed E-state index contributed by atoms with van der Waals surface area (Å²) in [6.07, 6.45) is 13.1. The molecule has 0 bridgehead atoms. The van der Waals surface area contributed by atoms with Gasteiger partial charge in [0.15, 0.2) is 0 Å². The number of aliphatic hydroxyl groups excluding tert-OH is 1. The van der Waals surface area contributed by atoms with Gasteiger partial charge in [-0.05, 0) is 32.1 Å². The Morgan fingerprint density at radius 1 is 1.19 bits per heavy atom. The predicted molar refractivity (Wildman–Crippen MR) is 94.7 cm³/mol. The molecule has 2 aromatic heterocycles. The van der Waals surface area contributed by atoms with Crippen molar-refractivity contribution in [1.82, 2.24) is 20.0 Å². The third-order valence-corrected chi connectivity index (χ3v) is 5.82. The van der Waals surface area contributed by atoms with Crippen LogP contribution in [-0.2, 0) is 0 Å². The van der Waals surface area contributed by atoms with E-state index in [1.165, 1.54) is 19.3 Å². The highest BCUT2D eigenvalue weighted by Crippen LogP contribution is 2.32. The Morgan fingerprint density at radius 3 is 2.81 bits per heavy atom. The van der Waals surface area contributed by atoms with Gasteiger partial charge in [0.25, 0.3) is 5.91 Å². The lowest BCUT2D eigenvalue weighted by Gasteiger charge is -2.35. The van der Waals surface area contributed by atoms with Crippen molar-refractivity contribution in [1.29, 1.82) is 0 Å². The zero-order valence-electron chi connectivity index (χ0n) is 14.9. The van der Waals surface area contributed by atoms with Gasteiger partial charge >= 0.3 is 0 Å². The maximum Gasteiger partial charge on any atom is 0.290 e. The molecule has 0 saturated heterocycles. The second kappa shape index (κ2) is 7.61. The van der Waals surface area contributed by atoms with Crippen LogP contribution in [0.15, 0.2) is 29.3 Å². The molecule has 2 saturated carbocycles. The quantitative estimate of drug-likeness (QED) is 0.877. The average molecular weight is 358 g/mol. The number of amides is 1. The van der Waals surface area contributed by atoms with Gasteiger partial charge in [-0.1, -0.05) is 24.4 Å². The number of hydrogen-bond acceptors (Lipinski definition) is 5. The van der Waals surface area contributed by atoms with Crippen LogP contribution in [-0.4, -0.2) is 37.9 Å². The first kappa shape index (κ1) is 17.3. The van der Waals surface area contributed by atoms with Gasteiger partial charge in [-0.2, -0.15) is 0 Å². The Hall–Kier alpha value is -2.15. The molecule has 0 radical (unpaired) electrons. The van der Waals surface area contributed by atoms with Crippen molar-refractivity contribution in [3.05, 3.63) is 36.2 Å². The fraction of sp³-hybridized carbons (Fsp3) is 0.632. The molecule has 26 heavy (non-hydrogen) atoms. The van der Waals surface area contributed by atoms with Crippen molar-refractivity contribution in [2.24, 2.45) is 0 Å². The van der Waals surface area contributed by atoms with Crippen molar-refractivity contribution in [3.63, 3.8) is 0 Å². The lowest BCUT2D eigenvalue weighted by molar-refractivity contribution is 0.0389. The third kappa shape index (κ3) is 3.53. The van der Waals surface area contributed by atoms with Crippen LogP contribution < -0.4 is 5.32 Å². The highest BCUT2D eigenvalue weighted by molar-refractivity contribution is 5.91. The molecule has 7 heteroatoms. The Balaban J connectivity index is 1.40. The molecule has 2 aromatic rings. The largest absolute Gasteiger partial charge is 0.389 e. The number of aliphatic hydroxyl groups is 1. The number of aromatic nitrogens is 3. The molecule has 2 fully saturated rings. The van der Waals surface area contributed by atoms with Gasteiger partial charge in [0.2, 0.25) is 5.76 Å². The second-order valence-corrected chi connectivity index (χ2v) is 7.53. The topological polar surface area (TPSA) is 93.2 Å². The van der Waals surface area contributed by atoms with Gasteiger partial charge in [-0.25, -0.2) is 4.98 Å². The van der Waals surface area contributed by atoms with Gasteiger partial charge in [0.05, 0.1) is 30.2 Å². The molecule has 4 rings (SSSR count). The summed E-state index contributed by atoms with van der Waals surface area (Å²) in [5, 5.41) is 17.8. The van der Waals surface area contributed by atoms with Crippen molar-refractivity contribution in [3.8, 4) is 0 Å². The van der Waals surface area contributed by atoms with E-state index in [-0.39, 0.29) is 23.8 Å². The zero-order valence-corrected chi connectivity index (χ0v) is 14.9. The van der Waals surface area contributed by atoms with E-state index in [2.05, 4.69) is 15.5 Å². The highest BCUT2D eigenvalue weighted by atomic mass is 16.5. The lowest BCUT2D eigenvalue weighted by Crippen LogP contribution is -2.49. The van der Waals surface area contributed by atoms with Crippen LogP contribution in [0.2, 0.25) is 0 Å². The fourth-order valence-electron chi connectivity index (χ4n) is 4.33. The Kier molecular flexibility index (Phi) is 5.06. The molecular formula is C19H26N4O3. The van der Waals surface area contributed by atoms with Crippen LogP contribution in [0.5, 0.6) is 0 Å². The minimum atomic E-state index is -0.650. The molecule has 2 N–H and O–H groups in total. The summed E-state index contributed by atoms with van der Waals surface area (Å²) in [6, 6.07) is 1.41. The van der Waals surface area contributed by atoms with Crippen molar-refractivity contribution < 1.29 is 14.4 Å². The predicted octanol–water partition coefficient (Wildman–Crippen LogP) is 2.80. The molecule has 0 aliphatic heterocycles. The van der Waals surface area contributed by atoms with Crippen LogP contribution in [0.25, 0.3) is 0 Å². The zero-order chi connectivity index (χ0) is 17.9. The van der Waals surface area contributed by atoms with Gasteiger partial charge in [-0.3, -0.25) is 4.79 Å². The van der Waals surface area contributed by atoms with Crippen LogP contribution in [0.4, 0.5) is 0 Å². The monoisotopic (exact) mass is 358 g/mol. The summed E-state index contributed by atoms with van der Waals surface area (Å²) in [5.41, 5.74) is 0.885. The molecule has 3 atom stereocenters. The minimum absolute atomic E-state index is 0.0657. The normalized spacial score (nSPS) is 27.3. The van der Waals surface area contributed by atoms with E-state index >= 15 is 0 Å². The Labute approximate surface area is 152 Å². The van der Waals surface area contributed by atoms with Crippen LogP contribution in [0.3, 0.4) is 0 Å². The van der Waals surface area contributed by atoms with Crippen molar-refractivity contribution in [2.75, 3.05) is 0 Å². The molecule has 140 valence electrons. The smallest absolute Gasteiger partial charge is 0.290 e. The summed E-state index contributed by atoms with van der Waals surface area (Å²) in [7, 11) is 0. The molecular weight excluding hydrogens is 332 g/mol. The standard InChI is InChI=1S/C19H26N4O3/c24-18-14(7-4-8-16(18)23-10-9-20-12-23)21-19(25)17-11-15(22-26-17)13-5-2-1-3-6-13/h9-14,16,18,24H,1-8H2,(H,21,25)/t14-,16-,18-/m1/s1. The van der Waals surface area contributed by atoms with Gasteiger partial charge in [0, 0.05) is 24.4 Å². The maximum absolute atomic E-state index is 12.6. The number of carbonyl (C=O) groups is 1. The molecule has 0 unspecified atom stereocenters. The summed E-state index contributed by atoms with van der Waals surface area (Å²) in [4.78, 5) is 16.6. The number of imidazole rings is 1. The van der Waals surface area contributed by atoms with Crippen molar-refractivity contribution >= 4 is 5.91 Å². The SMILES string of the molecule is O=C(N[C@@H]1CCC[C@@H](n2ccnc2)[C@@H]1O)c1cc(C2CCCCC2)no1. The summed E-state index contributed by atoms with van der Waals surface area (Å²) < 4.78 is 7.21. The first-order valence-electron chi connectivity index (χ1n) is 9.65. The first-order chi connectivity index (χ1) is 12.7. The molecule has 2 heterocycles. The van der Waals surface area contributed by atoms with Gasteiger partial charge < -0.3 is 19.5 Å². The molecule has 2 aliphatic rings. The van der Waals surface area contributed by atoms with Gasteiger partial charge in [-0.15, -0.1) is 0 Å². The average Bonchev–Trinajstić information content (AvgIpc) is 3.36.